The van der Waals surface area contributed by atoms with Crippen LogP contribution in [0.2, 0.25) is 5.02 Å². The quantitative estimate of drug-likeness (QED) is 0.429. The smallest absolute Gasteiger partial charge is 0.335 e. The van der Waals surface area contributed by atoms with Crippen molar-refractivity contribution in [2.75, 3.05) is 11.5 Å². The second kappa shape index (κ2) is 8.30. The van der Waals surface area contributed by atoms with Crippen LogP contribution in [0.3, 0.4) is 0 Å². The molecule has 1 heterocycles. The summed E-state index contributed by atoms with van der Waals surface area (Å²) in [7, 11) is 0. The highest BCUT2D eigenvalue weighted by Gasteiger charge is 2.36. The molecule has 0 saturated carbocycles. The van der Waals surface area contributed by atoms with E-state index in [9.17, 15) is 14.4 Å². The molecule has 2 aromatic carbocycles. The average Bonchev–Trinajstić information content (AvgIpc) is 2.64. The maximum Gasteiger partial charge on any atom is 0.335 e. The molecule has 0 radical (unpaired) electrons. The van der Waals surface area contributed by atoms with Crippen LogP contribution in [0, 0.1) is 12.3 Å². The standard InChI is InChI=1S/C20H12BrClN2O4/c1-2-8-28-17-7-6-12(10-16(17)21)9-15-18(25)23-20(27)24(19(15)26)14-5-3-4-13(22)11-14/h1,3-7,9-11H,8H2,(H,23,25,27)/b15-9+. The highest BCUT2D eigenvalue weighted by Crippen LogP contribution is 2.28. The summed E-state index contributed by atoms with van der Waals surface area (Å²) in [5, 5.41) is 2.51. The molecule has 1 N–H and O–H groups in total. The summed E-state index contributed by atoms with van der Waals surface area (Å²) in [6, 6.07) is 10.4. The molecule has 8 heteroatoms. The van der Waals surface area contributed by atoms with Crippen molar-refractivity contribution >= 4 is 57.1 Å². The van der Waals surface area contributed by atoms with Crippen molar-refractivity contribution in [3.63, 3.8) is 0 Å². The van der Waals surface area contributed by atoms with Gasteiger partial charge in [-0.05, 0) is 57.9 Å². The van der Waals surface area contributed by atoms with Gasteiger partial charge in [0.05, 0.1) is 10.2 Å². The van der Waals surface area contributed by atoms with Gasteiger partial charge >= 0.3 is 6.03 Å². The van der Waals surface area contributed by atoms with E-state index in [-0.39, 0.29) is 17.9 Å². The fourth-order valence-electron chi connectivity index (χ4n) is 2.52. The Hall–Kier alpha value is -3.08. The Morgan fingerprint density at radius 1 is 1.21 bits per heavy atom. The van der Waals surface area contributed by atoms with Crippen LogP contribution in [0.1, 0.15) is 5.56 Å². The van der Waals surface area contributed by atoms with Crippen molar-refractivity contribution in [3.8, 4) is 18.1 Å². The van der Waals surface area contributed by atoms with Crippen molar-refractivity contribution in [3.05, 3.63) is 63.1 Å². The second-order valence-electron chi connectivity index (χ2n) is 5.62. The number of barbiturate groups is 1. The number of amides is 4. The molecule has 0 aliphatic carbocycles. The first-order chi connectivity index (χ1) is 13.4. The number of carbonyl (C=O) groups excluding carboxylic acids is 3. The topological polar surface area (TPSA) is 75.7 Å². The molecule has 1 aliphatic heterocycles. The zero-order valence-electron chi connectivity index (χ0n) is 14.2. The molecular weight excluding hydrogens is 448 g/mol. The Labute approximate surface area is 174 Å². The summed E-state index contributed by atoms with van der Waals surface area (Å²) in [6.45, 7) is 0.108. The van der Waals surface area contributed by atoms with Crippen LogP contribution in [0.5, 0.6) is 5.75 Å². The number of rotatable bonds is 4. The number of nitrogens with one attached hydrogen (secondary N) is 1. The lowest BCUT2D eigenvalue weighted by Crippen LogP contribution is -2.54. The number of hydrogen-bond donors (Lipinski definition) is 1. The number of terminal acetylenes is 1. The normalized spacial score (nSPS) is 15.4. The summed E-state index contributed by atoms with van der Waals surface area (Å²) in [4.78, 5) is 38.1. The van der Waals surface area contributed by atoms with E-state index < -0.39 is 17.8 Å². The van der Waals surface area contributed by atoms with E-state index in [1.165, 1.54) is 12.1 Å². The van der Waals surface area contributed by atoms with E-state index >= 15 is 0 Å². The molecule has 0 bridgehead atoms. The minimum Gasteiger partial charge on any atom is -0.480 e. The minimum absolute atomic E-state index is 0.108. The first kappa shape index (κ1) is 19.7. The van der Waals surface area contributed by atoms with Crippen molar-refractivity contribution in [1.29, 1.82) is 0 Å². The number of nitrogens with zero attached hydrogens (tertiary/aromatic N) is 1. The molecule has 1 saturated heterocycles. The Bertz CT molecular complexity index is 1060. The largest absolute Gasteiger partial charge is 0.480 e. The number of carbonyl (C=O) groups is 3. The van der Waals surface area contributed by atoms with Crippen LogP contribution in [0.4, 0.5) is 10.5 Å². The van der Waals surface area contributed by atoms with Gasteiger partial charge in [-0.25, -0.2) is 9.69 Å². The minimum atomic E-state index is -0.839. The first-order valence-corrected chi connectivity index (χ1v) is 9.10. The zero-order valence-corrected chi connectivity index (χ0v) is 16.6. The number of imide groups is 2. The molecule has 0 spiro atoms. The molecule has 28 heavy (non-hydrogen) atoms. The molecule has 1 aliphatic rings. The van der Waals surface area contributed by atoms with E-state index in [4.69, 9.17) is 22.8 Å². The van der Waals surface area contributed by atoms with Gasteiger partial charge in [0.1, 0.15) is 17.9 Å². The highest BCUT2D eigenvalue weighted by molar-refractivity contribution is 9.10. The van der Waals surface area contributed by atoms with Gasteiger partial charge in [-0.3, -0.25) is 14.9 Å². The predicted molar refractivity (Wildman–Crippen MR) is 109 cm³/mol. The fourth-order valence-corrected chi connectivity index (χ4v) is 3.21. The van der Waals surface area contributed by atoms with Crippen LogP contribution in [0.25, 0.3) is 6.08 Å². The lowest BCUT2D eigenvalue weighted by atomic mass is 10.1. The van der Waals surface area contributed by atoms with Gasteiger partial charge in [0.15, 0.2) is 0 Å². The average molecular weight is 460 g/mol. The number of benzene rings is 2. The molecule has 0 unspecified atom stereocenters. The second-order valence-corrected chi connectivity index (χ2v) is 6.91. The molecule has 4 amide bonds. The van der Waals surface area contributed by atoms with Crippen molar-refractivity contribution in [2.24, 2.45) is 0 Å². The lowest BCUT2D eigenvalue weighted by Gasteiger charge is -2.26. The van der Waals surface area contributed by atoms with Crippen LogP contribution in [0.15, 0.2) is 52.5 Å². The predicted octanol–water partition coefficient (Wildman–Crippen LogP) is 3.78. The van der Waals surface area contributed by atoms with Crippen molar-refractivity contribution < 1.29 is 19.1 Å². The third kappa shape index (κ3) is 4.09. The summed E-state index contributed by atoms with van der Waals surface area (Å²) < 4.78 is 5.96. The molecule has 0 aromatic heterocycles. The maximum atomic E-state index is 12.8. The SMILES string of the molecule is C#CCOc1ccc(/C=C2\C(=O)NC(=O)N(c3cccc(Cl)c3)C2=O)cc1Br. The molecule has 140 valence electrons. The van der Waals surface area contributed by atoms with Gasteiger partial charge < -0.3 is 4.74 Å². The number of hydrogen-bond acceptors (Lipinski definition) is 4. The van der Waals surface area contributed by atoms with Gasteiger partial charge in [0.25, 0.3) is 11.8 Å². The van der Waals surface area contributed by atoms with Gasteiger partial charge in [0, 0.05) is 5.02 Å². The molecule has 0 atom stereocenters. The monoisotopic (exact) mass is 458 g/mol. The van der Waals surface area contributed by atoms with E-state index in [1.807, 2.05) is 0 Å². The van der Waals surface area contributed by atoms with E-state index in [0.29, 0.717) is 20.8 Å². The first-order valence-electron chi connectivity index (χ1n) is 7.93. The molecule has 3 rings (SSSR count). The van der Waals surface area contributed by atoms with Gasteiger partial charge in [0.2, 0.25) is 0 Å². The summed E-state index contributed by atoms with van der Waals surface area (Å²) in [6.07, 6.45) is 6.56. The highest BCUT2D eigenvalue weighted by atomic mass is 79.9. The van der Waals surface area contributed by atoms with Crippen LogP contribution in [-0.4, -0.2) is 24.5 Å². The van der Waals surface area contributed by atoms with Crippen LogP contribution < -0.4 is 15.0 Å². The fraction of sp³-hybridized carbons (Fsp3) is 0.0500. The maximum absolute atomic E-state index is 12.8. The Balaban J connectivity index is 1.95. The number of halogens is 2. The molecule has 1 fully saturated rings. The Morgan fingerprint density at radius 3 is 2.68 bits per heavy atom. The van der Waals surface area contributed by atoms with Crippen molar-refractivity contribution in [2.45, 2.75) is 0 Å². The number of anilines is 1. The molecule has 2 aromatic rings. The third-order valence-corrected chi connectivity index (χ3v) is 4.60. The van der Waals surface area contributed by atoms with Gasteiger partial charge in [-0.15, -0.1) is 6.42 Å². The third-order valence-electron chi connectivity index (χ3n) is 3.75. The van der Waals surface area contributed by atoms with E-state index in [1.54, 1.807) is 36.4 Å². The summed E-state index contributed by atoms with van der Waals surface area (Å²) in [5.74, 6) is 1.36. The molecule has 6 nitrogen and oxygen atoms in total. The zero-order chi connectivity index (χ0) is 20.3. The Kier molecular flexibility index (Phi) is 5.83. The summed E-state index contributed by atoms with van der Waals surface area (Å²) >= 11 is 9.29. The van der Waals surface area contributed by atoms with Crippen LogP contribution >= 0.6 is 27.5 Å². The number of urea groups is 1. The van der Waals surface area contributed by atoms with Gasteiger partial charge in [-0.2, -0.15) is 0 Å². The van der Waals surface area contributed by atoms with E-state index in [0.717, 1.165) is 4.90 Å². The van der Waals surface area contributed by atoms with Crippen LogP contribution in [-0.2, 0) is 9.59 Å². The van der Waals surface area contributed by atoms with Gasteiger partial charge in [-0.1, -0.05) is 29.7 Å². The Morgan fingerprint density at radius 2 is 2.00 bits per heavy atom. The van der Waals surface area contributed by atoms with Crippen molar-refractivity contribution in [1.82, 2.24) is 5.32 Å². The lowest BCUT2D eigenvalue weighted by molar-refractivity contribution is -0.122. The van der Waals surface area contributed by atoms with E-state index in [2.05, 4.69) is 27.2 Å². The summed E-state index contributed by atoms with van der Waals surface area (Å²) in [5.41, 5.74) is 0.621. The number of ether oxygens (including phenoxy) is 1. The molecular formula is C20H12BrClN2O4.